The van der Waals surface area contributed by atoms with E-state index in [-0.39, 0.29) is 12.4 Å². The number of hydrogen-bond donors (Lipinski definition) is 1. The molecule has 0 bridgehead atoms. The Labute approximate surface area is 173 Å². The summed E-state index contributed by atoms with van der Waals surface area (Å²) in [5, 5.41) is 7.69. The van der Waals surface area contributed by atoms with Crippen molar-refractivity contribution in [2.24, 2.45) is 5.92 Å². The molecule has 0 fully saturated rings. The number of rotatable bonds is 6. The largest absolute Gasteiger partial charge is 0.463 e. The second kappa shape index (κ2) is 8.46. The van der Waals surface area contributed by atoms with Crippen LogP contribution in [0, 0.1) is 11.7 Å². The molecule has 2 heterocycles. The van der Waals surface area contributed by atoms with Crippen molar-refractivity contribution < 1.29 is 18.7 Å². The predicted molar refractivity (Wildman–Crippen MR) is 109 cm³/mol. The molecule has 3 aromatic rings. The minimum absolute atomic E-state index is 0.145. The second-order valence-corrected chi connectivity index (χ2v) is 6.85. The van der Waals surface area contributed by atoms with Gasteiger partial charge in [0.25, 0.3) is 0 Å². The van der Waals surface area contributed by atoms with Gasteiger partial charge in [-0.05, 0) is 29.8 Å². The van der Waals surface area contributed by atoms with Crippen molar-refractivity contribution in [3.63, 3.8) is 0 Å². The van der Waals surface area contributed by atoms with Gasteiger partial charge in [0.1, 0.15) is 18.3 Å². The van der Waals surface area contributed by atoms with Crippen molar-refractivity contribution >= 4 is 11.9 Å². The molecule has 30 heavy (non-hydrogen) atoms. The summed E-state index contributed by atoms with van der Waals surface area (Å²) in [6, 6.07) is 15.0. The van der Waals surface area contributed by atoms with Crippen molar-refractivity contribution in [1.82, 2.24) is 14.8 Å². The summed E-state index contributed by atoms with van der Waals surface area (Å²) in [6.45, 7) is 4.49. The minimum atomic E-state index is -0.709. The molecule has 0 unspecified atom stereocenters. The maximum absolute atomic E-state index is 13.3. The minimum Gasteiger partial charge on any atom is -0.463 e. The zero-order valence-electron chi connectivity index (χ0n) is 16.4. The lowest BCUT2D eigenvalue weighted by Gasteiger charge is -2.33. The standard InChI is InChI=1S/C22H21FN4O3/c1-14-18(21(28)30-13-12-29-2)19(15-6-4-3-5-7-15)27-22(24-14)25-20(26-27)16-8-10-17(23)11-9-16/h3-11,18-19H,1,12-13H2,2H3,(H,24,25,26)/t18-,19+/m1/s1. The van der Waals surface area contributed by atoms with Crippen LogP contribution in [0.25, 0.3) is 11.4 Å². The van der Waals surface area contributed by atoms with Crippen LogP contribution in [0.5, 0.6) is 0 Å². The third-order valence-corrected chi connectivity index (χ3v) is 4.89. The van der Waals surface area contributed by atoms with Gasteiger partial charge in [0, 0.05) is 18.4 Å². The number of benzene rings is 2. The molecule has 0 spiro atoms. The van der Waals surface area contributed by atoms with Crippen LogP contribution < -0.4 is 5.32 Å². The lowest BCUT2D eigenvalue weighted by Crippen LogP contribution is -2.38. The van der Waals surface area contributed by atoms with Crippen molar-refractivity contribution in [2.75, 3.05) is 25.6 Å². The van der Waals surface area contributed by atoms with Gasteiger partial charge in [0.2, 0.25) is 5.95 Å². The molecular weight excluding hydrogens is 387 g/mol. The summed E-state index contributed by atoms with van der Waals surface area (Å²) in [7, 11) is 1.54. The Bertz CT molecular complexity index is 1050. The molecule has 1 aliphatic rings. The van der Waals surface area contributed by atoms with Crippen LogP contribution in [-0.2, 0) is 14.3 Å². The molecule has 154 valence electrons. The van der Waals surface area contributed by atoms with Gasteiger partial charge in [0.15, 0.2) is 5.82 Å². The van der Waals surface area contributed by atoms with E-state index in [4.69, 9.17) is 9.47 Å². The second-order valence-electron chi connectivity index (χ2n) is 6.85. The van der Waals surface area contributed by atoms with E-state index >= 15 is 0 Å². The Kier molecular flexibility index (Phi) is 5.58. The monoisotopic (exact) mass is 408 g/mol. The van der Waals surface area contributed by atoms with Gasteiger partial charge in [-0.25, -0.2) is 9.07 Å². The average Bonchev–Trinajstić information content (AvgIpc) is 3.17. The van der Waals surface area contributed by atoms with Crippen LogP contribution in [0.2, 0.25) is 0 Å². The number of methoxy groups -OCH3 is 1. The number of ether oxygens (including phenoxy) is 2. The van der Waals surface area contributed by atoms with E-state index < -0.39 is 17.9 Å². The smallest absolute Gasteiger partial charge is 0.317 e. The number of nitrogens with one attached hydrogen (secondary N) is 1. The highest BCUT2D eigenvalue weighted by Gasteiger charge is 2.41. The van der Waals surface area contributed by atoms with E-state index in [1.165, 1.54) is 12.1 Å². The summed E-state index contributed by atoms with van der Waals surface area (Å²) >= 11 is 0. The molecule has 0 amide bonds. The number of halogens is 1. The number of hydrogen-bond acceptors (Lipinski definition) is 6. The van der Waals surface area contributed by atoms with E-state index in [1.54, 1.807) is 23.9 Å². The highest BCUT2D eigenvalue weighted by molar-refractivity contribution is 5.79. The van der Waals surface area contributed by atoms with Crippen LogP contribution in [0.4, 0.5) is 10.3 Å². The normalized spacial score (nSPS) is 17.9. The van der Waals surface area contributed by atoms with Crippen LogP contribution in [-0.4, -0.2) is 41.1 Å². The Morgan fingerprint density at radius 3 is 2.60 bits per heavy atom. The van der Waals surface area contributed by atoms with E-state index in [0.717, 1.165) is 5.56 Å². The van der Waals surface area contributed by atoms with Crippen molar-refractivity contribution in [3.8, 4) is 11.4 Å². The fourth-order valence-electron chi connectivity index (χ4n) is 3.45. The topological polar surface area (TPSA) is 78.3 Å². The molecule has 7 nitrogen and oxygen atoms in total. The van der Waals surface area contributed by atoms with E-state index in [9.17, 15) is 9.18 Å². The lowest BCUT2D eigenvalue weighted by atomic mass is 9.89. The molecule has 1 aromatic heterocycles. The first-order valence-electron chi connectivity index (χ1n) is 9.47. The summed E-state index contributed by atoms with van der Waals surface area (Å²) in [6.07, 6.45) is 0. The van der Waals surface area contributed by atoms with Crippen LogP contribution in [0.15, 0.2) is 66.9 Å². The highest BCUT2D eigenvalue weighted by Crippen LogP contribution is 2.39. The average molecular weight is 408 g/mol. The Balaban J connectivity index is 1.75. The van der Waals surface area contributed by atoms with Gasteiger partial charge in [-0.3, -0.25) is 4.79 Å². The molecule has 0 saturated carbocycles. The molecule has 0 aliphatic carbocycles. The maximum atomic E-state index is 13.3. The van der Waals surface area contributed by atoms with Gasteiger partial charge < -0.3 is 14.8 Å². The lowest BCUT2D eigenvalue weighted by molar-refractivity contribution is -0.149. The van der Waals surface area contributed by atoms with Crippen molar-refractivity contribution in [3.05, 3.63) is 78.3 Å². The highest BCUT2D eigenvalue weighted by atomic mass is 19.1. The first-order chi connectivity index (χ1) is 14.6. The molecular formula is C22H21FN4O3. The zero-order valence-corrected chi connectivity index (χ0v) is 16.4. The Hall–Kier alpha value is -3.52. The number of anilines is 1. The number of aromatic nitrogens is 3. The van der Waals surface area contributed by atoms with Crippen LogP contribution >= 0.6 is 0 Å². The van der Waals surface area contributed by atoms with Gasteiger partial charge in [0.05, 0.1) is 12.6 Å². The van der Waals surface area contributed by atoms with E-state index in [1.807, 2.05) is 30.3 Å². The van der Waals surface area contributed by atoms with Gasteiger partial charge in [-0.2, -0.15) is 4.98 Å². The van der Waals surface area contributed by atoms with Crippen LogP contribution in [0.3, 0.4) is 0 Å². The third-order valence-electron chi connectivity index (χ3n) is 4.89. The van der Waals surface area contributed by atoms with E-state index in [2.05, 4.69) is 22.0 Å². The molecule has 8 heteroatoms. The SMILES string of the molecule is C=C1Nc2nc(-c3ccc(F)cc3)nn2[C@@H](c2ccccc2)[C@@H]1C(=O)OCCOC. The molecule has 0 saturated heterocycles. The number of carbonyl (C=O) groups is 1. The fraction of sp³-hybridized carbons (Fsp3) is 0.227. The molecule has 2 aromatic carbocycles. The summed E-state index contributed by atoms with van der Waals surface area (Å²) in [4.78, 5) is 17.4. The number of carbonyl (C=O) groups excluding carboxylic acids is 1. The van der Waals surface area contributed by atoms with Gasteiger partial charge in [-0.1, -0.05) is 36.9 Å². The molecule has 0 radical (unpaired) electrons. The van der Waals surface area contributed by atoms with Crippen LogP contribution in [0.1, 0.15) is 11.6 Å². The number of esters is 1. The molecule has 1 aliphatic heterocycles. The first-order valence-corrected chi connectivity index (χ1v) is 9.47. The molecule has 1 N–H and O–H groups in total. The first kappa shape index (κ1) is 19.8. The van der Waals surface area contributed by atoms with Crippen molar-refractivity contribution in [1.29, 1.82) is 0 Å². The fourth-order valence-corrected chi connectivity index (χ4v) is 3.45. The molecule has 4 rings (SSSR count). The Morgan fingerprint density at radius 2 is 1.90 bits per heavy atom. The quantitative estimate of drug-likeness (QED) is 0.497. The Morgan fingerprint density at radius 1 is 1.17 bits per heavy atom. The summed E-state index contributed by atoms with van der Waals surface area (Å²) in [5.41, 5.74) is 2.00. The van der Waals surface area contributed by atoms with Gasteiger partial charge >= 0.3 is 5.97 Å². The van der Waals surface area contributed by atoms with E-state index in [0.29, 0.717) is 29.6 Å². The molecule has 2 atom stereocenters. The van der Waals surface area contributed by atoms with Gasteiger partial charge in [-0.15, -0.1) is 5.10 Å². The number of nitrogens with zero attached hydrogens (tertiary/aromatic N) is 3. The predicted octanol–water partition coefficient (Wildman–Crippen LogP) is 3.42. The van der Waals surface area contributed by atoms with Crippen molar-refractivity contribution in [2.45, 2.75) is 6.04 Å². The zero-order chi connectivity index (χ0) is 21.1. The number of fused-ring (bicyclic) bond motifs is 1. The summed E-state index contributed by atoms with van der Waals surface area (Å²) in [5.74, 6) is -0.605. The summed E-state index contributed by atoms with van der Waals surface area (Å²) < 4.78 is 25.3. The maximum Gasteiger partial charge on any atom is 0.317 e. The third kappa shape index (κ3) is 3.81.